The normalized spacial score (nSPS) is 22.4. The quantitative estimate of drug-likeness (QED) is 0.336. The van der Waals surface area contributed by atoms with Crippen molar-refractivity contribution in [3.8, 4) is 5.75 Å². The number of hydrogen-bond donors (Lipinski definition) is 2. The van der Waals surface area contributed by atoms with Crippen LogP contribution in [0.5, 0.6) is 5.75 Å². The van der Waals surface area contributed by atoms with Gasteiger partial charge in [-0.3, -0.25) is 9.32 Å². The zero-order valence-corrected chi connectivity index (χ0v) is 19.5. The van der Waals surface area contributed by atoms with Crippen molar-refractivity contribution in [1.29, 1.82) is 0 Å². The number of anilines is 1. The molecule has 1 aliphatic heterocycles. The van der Waals surface area contributed by atoms with Crippen LogP contribution in [0.3, 0.4) is 0 Å². The van der Waals surface area contributed by atoms with Gasteiger partial charge in [0.2, 0.25) is 0 Å². The van der Waals surface area contributed by atoms with Crippen molar-refractivity contribution >= 4 is 31.1 Å². The summed E-state index contributed by atoms with van der Waals surface area (Å²) in [4.78, 5) is 20.7. The summed E-state index contributed by atoms with van der Waals surface area (Å²) < 4.78 is 45.1. The summed E-state index contributed by atoms with van der Waals surface area (Å²) >= 11 is 0. The van der Waals surface area contributed by atoms with Gasteiger partial charge in [0, 0.05) is 5.56 Å². The van der Waals surface area contributed by atoms with Crippen LogP contribution in [0.4, 0.5) is 10.2 Å². The Hall–Kier alpha value is -3.77. The maximum Gasteiger partial charge on any atom is 0.368 e. The number of hydrogen-bond acceptors (Lipinski definition) is 10. The van der Waals surface area contributed by atoms with E-state index in [4.69, 9.17) is 13.8 Å². The van der Waals surface area contributed by atoms with Gasteiger partial charge in [0.25, 0.3) is 5.91 Å². The minimum atomic E-state index is -3.18. The molecule has 36 heavy (non-hydrogen) atoms. The van der Waals surface area contributed by atoms with Crippen molar-refractivity contribution < 1.29 is 32.6 Å². The fourth-order valence-electron chi connectivity index (χ4n) is 3.70. The molecular formula is C22H20FN6O6P. The summed E-state index contributed by atoms with van der Waals surface area (Å²) in [6.45, 7) is -0.609. The lowest BCUT2D eigenvalue weighted by molar-refractivity contribution is -0.0491. The Bertz CT molecular complexity index is 1380. The van der Waals surface area contributed by atoms with E-state index in [1.807, 2.05) is 0 Å². The molecule has 0 aliphatic carbocycles. The number of halogens is 1. The molecule has 1 fully saturated rings. The number of rotatable bonds is 8. The van der Waals surface area contributed by atoms with Crippen molar-refractivity contribution in [2.75, 3.05) is 11.9 Å². The number of alkyl halides is 1. The topological polar surface area (TPSA) is 151 Å². The lowest BCUT2D eigenvalue weighted by Gasteiger charge is -2.17. The first-order valence-electron chi connectivity index (χ1n) is 10.8. The maximum atomic E-state index is 15.5. The van der Waals surface area contributed by atoms with E-state index in [1.165, 1.54) is 0 Å². The van der Waals surface area contributed by atoms with E-state index in [0.717, 1.165) is 11.0 Å². The first-order chi connectivity index (χ1) is 17.5. The van der Waals surface area contributed by atoms with Crippen LogP contribution in [-0.2, 0) is 13.8 Å². The molecule has 2 aromatic heterocycles. The van der Waals surface area contributed by atoms with E-state index in [0.29, 0.717) is 5.56 Å². The highest BCUT2D eigenvalue weighted by Gasteiger charge is 2.49. The fourth-order valence-corrected chi connectivity index (χ4v) is 4.58. The Balaban J connectivity index is 1.35. The molecule has 3 heterocycles. The highest BCUT2D eigenvalue weighted by Crippen LogP contribution is 2.40. The molecule has 0 bridgehead atoms. The van der Waals surface area contributed by atoms with Gasteiger partial charge in [-0.25, -0.2) is 18.9 Å². The molecule has 14 heteroatoms. The standard InChI is InChI=1S/C22H20FN6O6P/c23-16-18(35-36(32)34-14-9-5-2-6-10-14)15(11-30)33-22(16)29-20-17(27-28-29)19(24-12-25-20)26-21(31)13-7-3-1-4-8-13/h1-10,12,15-16,18,22,30,36H,11H2,(H,24,25,26,31)/t15-,16+,18-,22-/m1/s1. The number of ether oxygens (including phenoxy) is 1. The predicted octanol–water partition coefficient (Wildman–Crippen LogP) is 2.56. The molecule has 5 rings (SSSR count). The van der Waals surface area contributed by atoms with E-state index in [1.54, 1.807) is 60.7 Å². The van der Waals surface area contributed by atoms with Crippen LogP contribution in [-0.4, -0.2) is 61.0 Å². The summed E-state index contributed by atoms with van der Waals surface area (Å²) in [5, 5.41) is 20.3. The number of aliphatic hydroxyl groups excluding tert-OH is 1. The molecule has 1 unspecified atom stereocenters. The summed E-state index contributed by atoms with van der Waals surface area (Å²) in [6.07, 6.45) is -4.71. The van der Waals surface area contributed by atoms with Crippen LogP contribution in [0.1, 0.15) is 16.6 Å². The van der Waals surface area contributed by atoms with Crippen LogP contribution in [0, 0.1) is 0 Å². The first kappa shape index (κ1) is 23.9. The second-order valence-electron chi connectivity index (χ2n) is 7.69. The molecule has 0 radical (unpaired) electrons. The van der Waals surface area contributed by atoms with Crippen molar-refractivity contribution in [1.82, 2.24) is 25.0 Å². The average molecular weight is 514 g/mol. The van der Waals surface area contributed by atoms with Crippen LogP contribution in [0.25, 0.3) is 11.2 Å². The van der Waals surface area contributed by atoms with Crippen LogP contribution in [0.2, 0.25) is 0 Å². The third kappa shape index (κ3) is 4.82. The van der Waals surface area contributed by atoms with Crippen molar-refractivity contribution in [2.24, 2.45) is 0 Å². The van der Waals surface area contributed by atoms with E-state index >= 15 is 4.39 Å². The summed E-state index contributed by atoms with van der Waals surface area (Å²) in [5.74, 6) is -0.0684. The molecule has 4 aromatic rings. The number of benzene rings is 2. The monoisotopic (exact) mass is 514 g/mol. The van der Waals surface area contributed by atoms with Gasteiger partial charge in [0.1, 0.15) is 24.3 Å². The van der Waals surface area contributed by atoms with Gasteiger partial charge in [0.15, 0.2) is 29.4 Å². The van der Waals surface area contributed by atoms with Crippen molar-refractivity contribution in [2.45, 2.75) is 24.6 Å². The molecule has 1 amide bonds. The minimum Gasteiger partial charge on any atom is -0.426 e. The number of nitrogens with one attached hydrogen (secondary N) is 1. The number of carbonyl (C=O) groups is 1. The molecule has 5 atom stereocenters. The number of nitrogens with zero attached hydrogens (tertiary/aromatic N) is 5. The van der Waals surface area contributed by atoms with Crippen LogP contribution >= 0.6 is 8.25 Å². The summed E-state index contributed by atoms with van der Waals surface area (Å²) in [5.41, 5.74) is 0.577. The lowest BCUT2D eigenvalue weighted by atomic mass is 10.1. The molecule has 186 valence electrons. The van der Waals surface area contributed by atoms with Crippen LogP contribution in [0.15, 0.2) is 67.0 Å². The van der Waals surface area contributed by atoms with Gasteiger partial charge in [-0.2, -0.15) is 4.68 Å². The lowest BCUT2D eigenvalue weighted by Crippen LogP contribution is -2.32. The molecule has 12 nitrogen and oxygen atoms in total. The highest BCUT2D eigenvalue weighted by atomic mass is 31.1. The van der Waals surface area contributed by atoms with Crippen molar-refractivity contribution in [3.63, 3.8) is 0 Å². The van der Waals surface area contributed by atoms with Gasteiger partial charge in [-0.05, 0) is 24.3 Å². The van der Waals surface area contributed by atoms with Gasteiger partial charge in [-0.1, -0.05) is 41.6 Å². The Morgan fingerprint density at radius 3 is 2.58 bits per heavy atom. The van der Waals surface area contributed by atoms with E-state index in [2.05, 4.69) is 25.6 Å². The molecule has 0 spiro atoms. The SMILES string of the molecule is O=C(Nc1ncnc2c1nnn2[C@@H]1O[C@H](CO)[C@@H](O[PH](=O)Oc2ccccc2)[C@@H]1F)c1ccccc1. The van der Waals surface area contributed by atoms with Gasteiger partial charge in [-0.15, -0.1) is 5.10 Å². The Labute approximate surface area is 204 Å². The van der Waals surface area contributed by atoms with Crippen molar-refractivity contribution in [3.05, 3.63) is 72.6 Å². The number of aromatic nitrogens is 5. The molecule has 2 N–H and O–H groups in total. The summed E-state index contributed by atoms with van der Waals surface area (Å²) in [6, 6.07) is 16.7. The predicted molar refractivity (Wildman–Crippen MR) is 124 cm³/mol. The second kappa shape index (κ2) is 10.5. The smallest absolute Gasteiger partial charge is 0.368 e. The zero-order chi connectivity index (χ0) is 25.1. The molecule has 0 saturated carbocycles. The largest absolute Gasteiger partial charge is 0.426 e. The number of para-hydroxylation sites is 1. The summed E-state index contributed by atoms with van der Waals surface area (Å²) in [7, 11) is -3.18. The third-order valence-corrected chi connectivity index (χ3v) is 6.26. The first-order valence-corrected chi connectivity index (χ1v) is 12.0. The number of amides is 1. The van der Waals surface area contributed by atoms with Gasteiger partial charge >= 0.3 is 8.25 Å². The average Bonchev–Trinajstić information content (AvgIpc) is 3.46. The highest BCUT2D eigenvalue weighted by molar-refractivity contribution is 7.33. The maximum absolute atomic E-state index is 15.5. The number of carbonyl (C=O) groups excluding carboxylic acids is 1. The molecule has 1 saturated heterocycles. The number of fused-ring (bicyclic) bond motifs is 1. The minimum absolute atomic E-state index is 0.0707. The third-order valence-electron chi connectivity index (χ3n) is 5.39. The molecule has 1 aliphatic rings. The molecular weight excluding hydrogens is 494 g/mol. The number of aliphatic hydroxyl groups is 1. The van der Waals surface area contributed by atoms with Crippen LogP contribution < -0.4 is 9.84 Å². The van der Waals surface area contributed by atoms with E-state index in [9.17, 15) is 14.5 Å². The van der Waals surface area contributed by atoms with Gasteiger partial charge in [0.05, 0.1) is 6.61 Å². The fraction of sp³-hybridized carbons (Fsp3) is 0.227. The zero-order valence-electron chi connectivity index (χ0n) is 18.5. The van der Waals surface area contributed by atoms with E-state index in [-0.39, 0.29) is 22.7 Å². The second-order valence-corrected chi connectivity index (χ2v) is 8.63. The Morgan fingerprint density at radius 1 is 1.14 bits per heavy atom. The Kier molecular flexibility index (Phi) is 6.96. The molecule has 2 aromatic carbocycles. The van der Waals surface area contributed by atoms with Gasteiger partial charge < -0.3 is 19.7 Å². The Morgan fingerprint density at radius 2 is 1.86 bits per heavy atom. The van der Waals surface area contributed by atoms with E-state index < -0.39 is 45.4 Å².